The zero-order valence-corrected chi connectivity index (χ0v) is 14.0. The minimum atomic E-state index is -0.543. The van der Waals surface area contributed by atoms with Crippen LogP contribution in [0.3, 0.4) is 0 Å². The second kappa shape index (κ2) is 6.05. The second-order valence-electron chi connectivity index (χ2n) is 8.38. The molecule has 5 rings (SSSR count). The van der Waals surface area contributed by atoms with Crippen LogP contribution in [0.4, 0.5) is 0 Å². The van der Waals surface area contributed by atoms with Crippen LogP contribution in [-0.2, 0) is 19.1 Å². The van der Waals surface area contributed by atoms with Gasteiger partial charge in [-0.1, -0.05) is 0 Å². The molecule has 6 heteroatoms. The van der Waals surface area contributed by atoms with Crippen molar-refractivity contribution < 1.29 is 19.1 Å². The predicted molar refractivity (Wildman–Crippen MR) is 85.7 cm³/mol. The lowest BCUT2D eigenvalue weighted by molar-refractivity contribution is -0.152. The lowest BCUT2D eigenvalue weighted by Crippen LogP contribution is -2.54. The summed E-state index contributed by atoms with van der Waals surface area (Å²) in [4.78, 5) is 35.9. The first-order valence-corrected chi connectivity index (χ1v) is 9.26. The van der Waals surface area contributed by atoms with Gasteiger partial charge in [0.15, 0.2) is 6.61 Å². The summed E-state index contributed by atoms with van der Waals surface area (Å²) in [7, 11) is 0. The van der Waals surface area contributed by atoms with Crippen LogP contribution in [-0.4, -0.2) is 37.0 Å². The number of hydrogen-bond donors (Lipinski definition) is 2. The van der Waals surface area contributed by atoms with Crippen LogP contribution in [0.2, 0.25) is 0 Å². The highest BCUT2D eigenvalue weighted by Crippen LogP contribution is 2.60. The standard InChI is InChI=1S/C18H26N2O4/c21-15(20-14-1-2-14)10-24-16(22)9-19-17(23)18-6-11-3-12(7-18)5-13(4-11)8-18/h11-14H,1-10H2,(H,19,23)(H,20,21). The van der Waals surface area contributed by atoms with Crippen molar-refractivity contribution in [3.63, 3.8) is 0 Å². The minimum absolute atomic E-state index is 0.0148. The maximum absolute atomic E-state index is 12.7. The summed E-state index contributed by atoms with van der Waals surface area (Å²) in [6, 6.07) is 0.256. The SMILES string of the molecule is O=C(COC(=O)CNC(=O)C12CC3CC(CC(C3)C1)C2)NC1CC1. The van der Waals surface area contributed by atoms with Gasteiger partial charge in [0.25, 0.3) is 5.91 Å². The van der Waals surface area contributed by atoms with Gasteiger partial charge in [0.2, 0.25) is 5.91 Å². The lowest BCUT2D eigenvalue weighted by Gasteiger charge is -2.55. The molecule has 0 spiro atoms. The fraction of sp³-hybridized carbons (Fsp3) is 0.833. The number of ether oxygens (including phenoxy) is 1. The summed E-state index contributed by atoms with van der Waals surface area (Å²) in [5.74, 6) is 1.29. The fourth-order valence-corrected chi connectivity index (χ4v) is 5.42. The molecule has 5 fully saturated rings. The van der Waals surface area contributed by atoms with E-state index in [0.717, 1.165) is 32.1 Å². The Morgan fingerprint density at radius 2 is 1.54 bits per heavy atom. The normalized spacial score (nSPS) is 36.2. The van der Waals surface area contributed by atoms with Gasteiger partial charge in [0, 0.05) is 11.5 Å². The Bertz CT molecular complexity index is 520. The number of carbonyl (C=O) groups is 3. The molecule has 24 heavy (non-hydrogen) atoms. The van der Waals surface area contributed by atoms with Crippen molar-refractivity contribution in [2.45, 2.75) is 57.4 Å². The minimum Gasteiger partial charge on any atom is -0.454 e. The predicted octanol–water partition coefficient (Wildman–Crippen LogP) is 1.14. The highest BCUT2D eigenvalue weighted by Gasteiger charge is 2.54. The number of esters is 1. The zero-order chi connectivity index (χ0) is 16.7. The van der Waals surface area contributed by atoms with Crippen LogP contribution in [0, 0.1) is 23.2 Å². The van der Waals surface area contributed by atoms with Crippen LogP contribution >= 0.6 is 0 Å². The van der Waals surface area contributed by atoms with Gasteiger partial charge < -0.3 is 15.4 Å². The molecule has 0 aromatic carbocycles. The largest absolute Gasteiger partial charge is 0.454 e. The Morgan fingerprint density at radius 1 is 0.958 bits per heavy atom. The van der Waals surface area contributed by atoms with Gasteiger partial charge in [-0.25, -0.2) is 0 Å². The Hall–Kier alpha value is -1.59. The van der Waals surface area contributed by atoms with Crippen molar-refractivity contribution in [2.75, 3.05) is 13.2 Å². The number of nitrogens with one attached hydrogen (secondary N) is 2. The average molecular weight is 334 g/mol. The second-order valence-corrected chi connectivity index (χ2v) is 8.38. The molecular formula is C18H26N2O4. The van der Waals surface area contributed by atoms with E-state index in [1.165, 1.54) is 19.3 Å². The van der Waals surface area contributed by atoms with Crippen molar-refractivity contribution in [1.82, 2.24) is 10.6 Å². The summed E-state index contributed by atoms with van der Waals surface area (Å²) in [5, 5.41) is 5.53. The Morgan fingerprint density at radius 3 is 2.08 bits per heavy atom. The summed E-state index contributed by atoms with van der Waals surface area (Å²) in [5.41, 5.74) is -0.252. The van der Waals surface area contributed by atoms with Crippen LogP contribution < -0.4 is 10.6 Å². The van der Waals surface area contributed by atoms with Gasteiger partial charge in [-0.3, -0.25) is 14.4 Å². The Kier molecular flexibility index (Phi) is 4.01. The number of amides is 2. The van der Waals surface area contributed by atoms with E-state index in [4.69, 9.17) is 4.74 Å². The molecule has 0 aliphatic heterocycles. The molecule has 5 aliphatic carbocycles. The van der Waals surface area contributed by atoms with Crippen LogP contribution in [0.15, 0.2) is 0 Å². The maximum Gasteiger partial charge on any atom is 0.325 e. The highest BCUT2D eigenvalue weighted by atomic mass is 16.5. The Labute approximate surface area is 142 Å². The molecule has 5 saturated carbocycles. The molecule has 0 atom stereocenters. The molecule has 2 N–H and O–H groups in total. The number of hydrogen-bond acceptors (Lipinski definition) is 4. The first kappa shape index (κ1) is 15.9. The van der Waals surface area contributed by atoms with E-state index in [1.807, 2.05) is 0 Å². The summed E-state index contributed by atoms with van der Waals surface area (Å²) in [6.45, 7) is -0.403. The molecule has 5 aliphatic rings. The third-order valence-electron chi connectivity index (χ3n) is 6.22. The molecule has 0 unspecified atom stereocenters. The van der Waals surface area contributed by atoms with E-state index in [0.29, 0.717) is 17.8 Å². The molecule has 0 aromatic rings. The average Bonchev–Trinajstić information content (AvgIpc) is 3.33. The molecule has 6 nitrogen and oxygen atoms in total. The Balaban J connectivity index is 1.23. The van der Waals surface area contributed by atoms with Crippen molar-refractivity contribution in [1.29, 1.82) is 0 Å². The third kappa shape index (κ3) is 3.28. The van der Waals surface area contributed by atoms with E-state index in [1.54, 1.807) is 0 Å². The molecule has 0 radical (unpaired) electrons. The summed E-state index contributed by atoms with van der Waals surface area (Å²) >= 11 is 0. The van der Waals surface area contributed by atoms with Gasteiger partial charge >= 0.3 is 5.97 Å². The first-order chi connectivity index (χ1) is 11.5. The third-order valence-corrected chi connectivity index (χ3v) is 6.22. The topological polar surface area (TPSA) is 84.5 Å². The van der Waals surface area contributed by atoms with Crippen molar-refractivity contribution >= 4 is 17.8 Å². The summed E-state index contributed by atoms with van der Waals surface area (Å²) in [6.07, 6.45) is 8.78. The van der Waals surface area contributed by atoms with Crippen molar-refractivity contribution in [3.05, 3.63) is 0 Å². The highest BCUT2D eigenvalue weighted by molar-refractivity contribution is 5.87. The number of rotatable bonds is 6. The van der Waals surface area contributed by atoms with Crippen LogP contribution in [0.5, 0.6) is 0 Å². The molecule has 0 saturated heterocycles. The molecule has 4 bridgehead atoms. The van der Waals surface area contributed by atoms with Gasteiger partial charge in [0.05, 0.1) is 0 Å². The maximum atomic E-state index is 12.7. The zero-order valence-electron chi connectivity index (χ0n) is 14.0. The van der Waals surface area contributed by atoms with E-state index in [-0.39, 0.29) is 36.4 Å². The smallest absolute Gasteiger partial charge is 0.325 e. The van der Waals surface area contributed by atoms with Crippen LogP contribution in [0.25, 0.3) is 0 Å². The van der Waals surface area contributed by atoms with Crippen molar-refractivity contribution in [3.8, 4) is 0 Å². The number of carbonyl (C=O) groups excluding carboxylic acids is 3. The van der Waals surface area contributed by atoms with Crippen LogP contribution in [0.1, 0.15) is 51.4 Å². The monoisotopic (exact) mass is 334 g/mol. The lowest BCUT2D eigenvalue weighted by atomic mass is 9.49. The molecule has 0 aromatic heterocycles. The van der Waals surface area contributed by atoms with Gasteiger partial charge in [-0.2, -0.15) is 0 Å². The fourth-order valence-electron chi connectivity index (χ4n) is 5.42. The van der Waals surface area contributed by atoms with Gasteiger partial charge in [-0.05, 0) is 69.1 Å². The molecule has 0 heterocycles. The molecule has 2 amide bonds. The van der Waals surface area contributed by atoms with Gasteiger partial charge in [0.1, 0.15) is 6.54 Å². The molecular weight excluding hydrogens is 308 g/mol. The summed E-state index contributed by atoms with van der Waals surface area (Å²) < 4.78 is 4.94. The first-order valence-electron chi connectivity index (χ1n) is 9.26. The molecule has 132 valence electrons. The quantitative estimate of drug-likeness (QED) is 0.714. The van der Waals surface area contributed by atoms with E-state index in [2.05, 4.69) is 10.6 Å². The van der Waals surface area contributed by atoms with Crippen molar-refractivity contribution in [2.24, 2.45) is 23.2 Å². The van der Waals surface area contributed by atoms with E-state index < -0.39 is 5.97 Å². The van der Waals surface area contributed by atoms with E-state index >= 15 is 0 Å². The van der Waals surface area contributed by atoms with E-state index in [9.17, 15) is 14.4 Å². The van der Waals surface area contributed by atoms with Gasteiger partial charge in [-0.15, -0.1) is 0 Å².